The number of nitrogens with zero attached hydrogens (tertiary/aromatic N) is 4. The molecule has 1 aliphatic heterocycles. The number of hydrogen-bond acceptors (Lipinski definition) is 5. The molecule has 0 aromatic carbocycles. The van der Waals surface area contributed by atoms with Crippen LogP contribution in [0.1, 0.15) is 33.9 Å². The van der Waals surface area contributed by atoms with Crippen LogP contribution in [-0.2, 0) is 4.79 Å². The lowest BCUT2D eigenvalue weighted by Gasteiger charge is -2.35. The van der Waals surface area contributed by atoms with Gasteiger partial charge in [-0.05, 0) is 19.1 Å². The summed E-state index contributed by atoms with van der Waals surface area (Å²) in [4.78, 5) is 39.0. The van der Waals surface area contributed by atoms with Gasteiger partial charge in [0.25, 0.3) is 5.91 Å². The number of aromatic carboxylic acids is 1. The summed E-state index contributed by atoms with van der Waals surface area (Å²) >= 11 is 0. The van der Waals surface area contributed by atoms with Crippen LogP contribution < -0.4 is 0 Å². The first-order valence-corrected chi connectivity index (χ1v) is 7.86. The van der Waals surface area contributed by atoms with E-state index in [0.717, 1.165) is 0 Å². The van der Waals surface area contributed by atoms with E-state index in [1.165, 1.54) is 23.3 Å². The summed E-state index contributed by atoms with van der Waals surface area (Å²) in [7, 11) is 0. The number of carbonyl (C=O) groups is 3. The highest BCUT2D eigenvalue weighted by molar-refractivity contribution is 5.91. The molecule has 1 aliphatic rings. The predicted molar refractivity (Wildman–Crippen MR) is 85.1 cm³/mol. The van der Waals surface area contributed by atoms with Crippen molar-refractivity contribution in [2.45, 2.75) is 13.0 Å². The van der Waals surface area contributed by atoms with Crippen LogP contribution in [-0.4, -0.2) is 68.6 Å². The van der Waals surface area contributed by atoms with Crippen LogP contribution in [0.4, 0.5) is 0 Å². The molecule has 0 bridgehead atoms. The Bertz CT molecular complexity index is 774. The van der Waals surface area contributed by atoms with E-state index in [-0.39, 0.29) is 23.1 Å². The van der Waals surface area contributed by atoms with Crippen LogP contribution in [0, 0.1) is 0 Å². The van der Waals surface area contributed by atoms with Crippen LogP contribution in [0.2, 0.25) is 0 Å². The number of carboxylic acids is 1. The lowest BCUT2D eigenvalue weighted by atomic mass is 10.2. The Labute approximate surface area is 143 Å². The second kappa shape index (κ2) is 6.80. The Morgan fingerprint density at radius 3 is 2.44 bits per heavy atom. The van der Waals surface area contributed by atoms with Gasteiger partial charge in [0.2, 0.25) is 5.91 Å². The molecule has 0 aliphatic carbocycles. The first-order chi connectivity index (χ1) is 12.0. The molecule has 1 N–H and O–H groups in total. The summed E-state index contributed by atoms with van der Waals surface area (Å²) in [6, 6.07) is 2.66. The normalized spacial score (nSPS) is 15.9. The predicted octanol–water partition coefficient (Wildman–Crippen LogP) is 0.720. The average Bonchev–Trinajstić information content (AvgIpc) is 3.31. The lowest BCUT2D eigenvalue weighted by molar-refractivity contribution is -0.136. The Hall–Kier alpha value is -3.10. The van der Waals surface area contributed by atoms with Crippen molar-refractivity contribution >= 4 is 17.8 Å². The van der Waals surface area contributed by atoms with Crippen LogP contribution in [0.15, 0.2) is 35.2 Å². The quantitative estimate of drug-likeness (QED) is 0.874. The Balaban J connectivity index is 1.59. The van der Waals surface area contributed by atoms with Crippen molar-refractivity contribution in [3.8, 4) is 0 Å². The van der Waals surface area contributed by atoms with Gasteiger partial charge in [0.15, 0.2) is 5.76 Å². The standard InChI is InChI=1S/C16H18N4O5/c1-11(20-10-12(9-17-20)16(23)24)14(21)18-4-6-19(7-5-18)15(22)13-3-2-8-25-13/h2-3,8-11H,4-7H2,1H3,(H,23,24). The fourth-order valence-electron chi connectivity index (χ4n) is 2.72. The monoisotopic (exact) mass is 346 g/mol. The fourth-order valence-corrected chi connectivity index (χ4v) is 2.72. The topological polar surface area (TPSA) is 109 Å². The third kappa shape index (κ3) is 3.39. The minimum absolute atomic E-state index is 0.0357. The van der Waals surface area contributed by atoms with Gasteiger partial charge in [0, 0.05) is 32.4 Å². The van der Waals surface area contributed by atoms with E-state index in [1.54, 1.807) is 28.9 Å². The molecule has 1 unspecified atom stereocenters. The van der Waals surface area contributed by atoms with Gasteiger partial charge in [0.05, 0.1) is 18.0 Å². The maximum absolute atomic E-state index is 12.6. The zero-order chi connectivity index (χ0) is 18.0. The van der Waals surface area contributed by atoms with Gasteiger partial charge in [-0.2, -0.15) is 5.10 Å². The second-order valence-electron chi connectivity index (χ2n) is 5.78. The summed E-state index contributed by atoms with van der Waals surface area (Å²) in [5, 5.41) is 12.9. The molecular formula is C16H18N4O5. The molecule has 2 aromatic rings. The number of piperazine rings is 1. The van der Waals surface area contributed by atoms with Crippen LogP contribution in [0.5, 0.6) is 0 Å². The molecule has 3 heterocycles. The van der Waals surface area contributed by atoms with E-state index < -0.39 is 12.0 Å². The highest BCUT2D eigenvalue weighted by Gasteiger charge is 2.29. The van der Waals surface area contributed by atoms with E-state index >= 15 is 0 Å². The van der Waals surface area contributed by atoms with Crippen molar-refractivity contribution in [2.24, 2.45) is 0 Å². The molecular weight excluding hydrogens is 328 g/mol. The molecule has 9 nitrogen and oxygen atoms in total. The molecule has 25 heavy (non-hydrogen) atoms. The number of carbonyl (C=O) groups excluding carboxylic acids is 2. The summed E-state index contributed by atoms with van der Waals surface area (Å²) < 4.78 is 6.45. The first kappa shape index (κ1) is 16.7. The third-order valence-electron chi connectivity index (χ3n) is 4.21. The second-order valence-corrected chi connectivity index (χ2v) is 5.78. The molecule has 1 saturated heterocycles. The van der Waals surface area contributed by atoms with Crippen molar-refractivity contribution < 1.29 is 23.9 Å². The van der Waals surface area contributed by atoms with Crippen molar-refractivity contribution in [1.29, 1.82) is 0 Å². The number of hydrogen-bond donors (Lipinski definition) is 1. The maximum atomic E-state index is 12.6. The van der Waals surface area contributed by atoms with Gasteiger partial charge in [-0.15, -0.1) is 0 Å². The minimum atomic E-state index is -1.09. The van der Waals surface area contributed by atoms with E-state index in [9.17, 15) is 14.4 Å². The minimum Gasteiger partial charge on any atom is -0.478 e. The zero-order valence-electron chi connectivity index (χ0n) is 13.7. The lowest BCUT2D eigenvalue weighted by Crippen LogP contribution is -2.51. The number of amides is 2. The van der Waals surface area contributed by atoms with Crippen LogP contribution >= 0.6 is 0 Å². The van der Waals surface area contributed by atoms with E-state index in [4.69, 9.17) is 9.52 Å². The van der Waals surface area contributed by atoms with Crippen molar-refractivity contribution in [3.05, 3.63) is 42.1 Å². The van der Waals surface area contributed by atoms with Gasteiger partial charge in [-0.1, -0.05) is 0 Å². The largest absolute Gasteiger partial charge is 0.478 e. The van der Waals surface area contributed by atoms with Crippen LogP contribution in [0.3, 0.4) is 0 Å². The third-order valence-corrected chi connectivity index (χ3v) is 4.21. The van der Waals surface area contributed by atoms with E-state index in [0.29, 0.717) is 26.2 Å². The molecule has 132 valence electrons. The van der Waals surface area contributed by atoms with Gasteiger partial charge in [0.1, 0.15) is 6.04 Å². The van der Waals surface area contributed by atoms with Crippen molar-refractivity contribution in [3.63, 3.8) is 0 Å². The highest BCUT2D eigenvalue weighted by Crippen LogP contribution is 2.14. The fraction of sp³-hybridized carbons (Fsp3) is 0.375. The highest BCUT2D eigenvalue weighted by atomic mass is 16.4. The smallest absolute Gasteiger partial charge is 0.338 e. The SMILES string of the molecule is CC(C(=O)N1CCN(C(=O)c2ccco2)CC1)n1cc(C(=O)O)cn1. The molecule has 1 fully saturated rings. The Morgan fingerprint density at radius 1 is 1.20 bits per heavy atom. The molecule has 2 aromatic heterocycles. The Morgan fingerprint density at radius 2 is 1.88 bits per heavy atom. The summed E-state index contributed by atoms with van der Waals surface area (Å²) in [6.45, 7) is 3.31. The van der Waals surface area contributed by atoms with Gasteiger partial charge in [-0.3, -0.25) is 14.3 Å². The summed E-state index contributed by atoms with van der Waals surface area (Å²) in [6.07, 6.45) is 4.00. The van der Waals surface area contributed by atoms with E-state index in [1.807, 2.05) is 0 Å². The molecule has 0 saturated carbocycles. The van der Waals surface area contributed by atoms with Gasteiger partial charge < -0.3 is 19.3 Å². The van der Waals surface area contributed by atoms with Gasteiger partial charge >= 0.3 is 5.97 Å². The summed E-state index contributed by atoms with van der Waals surface area (Å²) in [5.74, 6) is -1.16. The molecule has 2 amide bonds. The number of rotatable bonds is 4. The van der Waals surface area contributed by atoms with Crippen molar-refractivity contribution in [2.75, 3.05) is 26.2 Å². The molecule has 9 heteroatoms. The molecule has 0 radical (unpaired) electrons. The van der Waals surface area contributed by atoms with E-state index in [2.05, 4.69) is 5.10 Å². The molecule has 1 atom stereocenters. The Kier molecular flexibility index (Phi) is 4.55. The number of carboxylic acid groups (broad SMARTS) is 1. The molecule has 3 rings (SSSR count). The summed E-state index contributed by atoms with van der Waals surface area (Å²) in [5.41, 5.74) is 0.0357. The van der Waals surface area contributed by atoms with Crippen molar-refractivity contribution in [1.82, 2.24) is 19.6 Å². The number of aromatic nitrogens is 2. The zero-order valence-corrected chi connectivity index (χ0v) is 13.7. The first-order valence-electron chi connectivity index (χ1n) is 7.86. The maximum Gasteiger partial charge on any atom is 0.338 e. The van der Waals surface area contributed by atoms with Crippen LogP contribution in [0.25, 0.3) is 0 Å². The average molecular weight is 346 g/mol. The van der Waals surface area contributed by atoms with Gasteiger partial charge in [-0.25, -0.2) is 4.79 Å². The molecule has 0 spiro atoms. The number of furan rings is 1.